The molecule has 9 heteroatoms. The van der Waals surface area contributed by atoms with Crippen LogP contribution in [0.15, 0.2) is 29.2 Å². The van der Waals surface area contributed by atoms with Crippen LogP contribution in [0.4, 0.5) is 14.5 Å². The van der Waals surface area contributed by atoms with Crippen molar-refractivity contribution in [3.05, 3.63) is 46.0 Å². The molecule has 2 heterocycles. The van der Waals surface area contributed by atoms with E-state index in [0.717, 1.165) is 47.9 Å². The number of thioether (sulfide) groups is 1. The van der Waals surface area contributed by atoms with Gasteiger partial charge in [0, 0.05) is 16.8 Å². The molecule has 3 aromatic rings. The first kappa shape index (κ1) is 19.1. The van der Waals surface area contributed by atoms with Crippen molar-refractivity contribution in [3.8, 4) is 0 Å². The van der Waals surface area contributed by atoms with Gasteiger partial charge in [-0.25, -0.2) is 0 Å². The molecule has 0 spiro atoms. The number of nitrogens with zero attached hydrogens (tertiary/aromatic N) is 2. The molecule has 0 saturated carbocycles. The molecule has 0 atom stereocenters. The first-order valence-electron chi connectivity index (χ1n) is 8.91. The second-order valence-corrected chi connectivity index (χ2v) is 8.63. The number of aryl methyl sites for hydroxylation is 2. The Balaban J connectivity index is 1.50. The summed E-state index contributed by atoms with van der Waals surface area (Å²) in [6, 6.07) is 6.68. The van der Waals surface area contributed by atoms with Crippen LogP contribution in [0.1, 0.15) is 39.3 Å². The fourth-order valence-corrected chi connectivity index (χ4v) is 4.87. The maximum atomic E-state index is 12.7. The molecule has 0 aliphatic heterocycles. The Bertz CT molecular complexity index is 1020. The number of carbonyl (C=O) groups is 1. The SMILES string of the molecule is Nc1c(C(=O)NCc2ccc(SC(F)F)cc2)sc2nnc3c(c12)CCCC3. The molecule has 0 radical (unpaired) electrons. The van der Waals surface area contributed by atoms with Gasteiger partial charge in [0.15, 0.2) is 0 Å². The van der Waals surface area contributed by atoms with E-state index in [-0.39, 0.29) is 12.5 Å². The third kappa shape index (κ3) is 3.81. The number of halogens is 2. The third-order valence-electron chi connectivity index (χ3n) is 4.74. The molecule has 1 amide bonds. The van der Waals surface area contributed by atoms with Gasteiger partial charge in [0.2, 0.25) is 0 Å². The van der Waals surface area contributed by atoms with E-state index in [9.17, 15) is 13.6 Å². The molecular weight excluding hydrogens is 402 g/mol. The van der Waals surface area contributed by atoms with Crippen LogP contribution in [-0.2, 0) is 19.4 Å². The van der Waals surface area contributed by atoms with Crippen molar-refractivity contribution in [1.82, 2.24) is 15.5 Å². The molecule has 0 unspecified atom stereocenters. The topological polar surface area (TPSA) is 80.9 Å². The molecule has 0 saturated heterocycles. The van der Waals surface area contributed by atoms with Crippen LogP contribution in [-0.4, -0.2) is 21.9 Å². The molecule has 0 fully saturated rings. The molecule has 28 heavy (non-hydrogen) atoms. The minimum absolute atomic E-state index is 0.268. The van der Waals surface area contributed by atoms with Gasteiger partial charge in [0.05, 0.1) is 11.4 Å². The molecule has 4 rings (SSSR count). The van der Waals surface area contributed by atoms with Gasteiger partial charge in [0.1, 0.15) is 9.71 Å². The lowest BCUT2D eigenvalue weighted by Crippen LogP contribution is -2.22. The molecule has 5 nitrogen and oxygen atoms in total. The third-order valence-corrected chi connectivity index (χ3v) is 6.55. The number of hydrogen-bond donors (Lipinski definition) is 2. The number of aromatic nitrogens is 2. The highest BCUT2D eigenvalue weighted by Gasteiger charge is 2.23. The largest absolute Gasteiger partial charge is 0.397 e. The summed E-state index contributed by atoms with van der Waals surface area (Å²) >= 11 is 1.75. The van der Waals surface area contributed by atoms with Gasteiger partial charge in [-0.2, -0.15) is 13.9 Å². The van der Waals surface area contributed by atoms with Gasteiger partial charge in [0.25, 0.3) is 11.7 Å². The van der Waals surface area contributed by atoms with Crippen molar-refractivity contribution in [2.45, 2.75) is 42.9 Å². The maximum absolute atomic E-state index is 12.7. The number of hydrogen-bond acceptors (Lipinski definition) is 6. The molecule has 1 aromatic carbocycles. The highest BCUT2D eigenvalue weighted by molar-refractivity contribution is 7.99. The zero-order chi connectivity index (χ0) is 19.7. The van der Waals surface area contributed by atoms with Crippen molar-refractivity contribution in [3.63, 3.8) is 0 Å². The maximum Gasteiger partial charge on any atom is 0.288 e. The summed E-state index contributed by atoms with van der Waals surface area (Å²) in [5.74, 6) is -2.72. The van der Waals surface area contributed by atoms with E-state index in [1.807, 2.05) is 0 Å². The average Bonchev–Trinajstić information content (AvgIpc) is 3.04. The number of amides is 1. The minimum Gasteiger partial charge on any atom is -0.397 e. The highest BCUT2D eigenvalue weighted by atomic mass is 32.2. The fraction of sp³-hybridized carbons (Fsp3) is 0.316. The van der Waals surface area contributed by atoms with Crippen molar-refractivity contribution in [1.29, 1.82) is 0 Å². The lowest BCUT2D eigenvalue weighted by atomic mass is 9.94. The summed E-state index contributed by atoms with van der Waals surface area (Å²) in [5.41, 5.74) is 9.70. The second-order valence-electron chi connectivity index (χ2n) is 6.56. The first-order valence-corrected chi connectivity index (χ1v) is 10.6. The Kier molecular flexibility index (Phi) is 5.45. The Hall–Kier alpha value is -2.26. The van der Waals surface area contributed by atoms with Gasteiger partial charge in [-0.15, -0.1) is 16.4 Å². The average molecular weight is 421 g/mol. The van der Waals surface area contributed by atoms with Gasteiger partial charge >= 0.3 is 0 Å². The second kappa shape index (κ2) is 8.00. The number of thiophene rings is 1. The number of alkyl halides is 2. The van der Waals surface area contributed by atoms with Gasteiger partial charge in [-0.3, -0.25) is 4.79 Å². The van der Waals surface area contributed by atoms with E-state index in [1.165, 1.54) is 11.3 Å². The Labute approximate surface area is 168 Å². The summed E-state index contributed by atoms with van der Waals surface area (Å²) in [6.45, 7) is 0.288. The monoisotopic (exact) mass is 420 g/mol. The first-order chi connectivity index (χ1) is 13.5. The van der Waals surface area contributed by atoms with Gasteiger partial charge in [-0.1, -0.05) is 23.9 Å². The summed E-state index contributed by atoms with van der Waals surface area (Å²) in [5, 5.41) is 12.3. The number of benzene rings is 1. The van der Waals surface area contributed by atoms with Crippen molar-refractivity contribution < 1.29 is 13.6 Å². The van der Waals surface area contributed by atoms with Crippen LogP contribution < -0.4 is 11.1 Å². The van der Waals surface area contributed by atoms with Crippen LogP contribution in [0.3, 0.4) is 0 Å². The number of nitrogens with one attached hydrogen (secondary N) is 1. The molecule has 146 valence electrons. The number of nitrogen functional groups attached to an aromatic ring is 1. The van der Waals surface area contributed by atoms with Crippen molar-refractivity contribution in [2.24, 2.45) is 0 Å². The highest BCUT2D eigenvalue weighted by Crippen LogP contribution is 2.37. The lowest BCUT2D eigenvalue weighted by molar-refractivity contribution is 0.0956. The fourth-order valence-electron chi connectivity index (χ4n) is 3.39. The Morgan fingerprint density at radius 2 is 1.96 bits per heavy atom. The van der Waals surface area contributed by atoms with E-state index < -0.39 is 5.76 Å². The predicted molar refractivity (Wildman–Crippen MR) is 108 cm³/mol. The predicted octanol–water partition coefficient (Wildman–Crippen LogP) is 4.40. The van der Waals surface area contributed by atoms with Gasteiger partial charge < -0.3 is 11.1 Å². The van der Waals surface area contributed by atoms with Crippen LogP contribution in [0, 0.1) is 0 Å². The summed E-state index contributed by atoms with van der Waals surface area (Å²) in [7, 11) is 0. The van der Waals surface area contributed by atoms with E-state index in [0.29, 0.717) is 32.1 Å². The number of rotatable bonds is 5. The number of nitrogens with two attached hydrogens (primary N) is 1. The minimum atomic E-state index is -2.45. The number of fused-ring (bicyclic) bond motifs is 3. The van der Waals surface area contributed by atoms with Crippen LogP contribution in [0.2, 0.25) is 0 Å². The quantitative estimate of drug-likeness (QED) is 0.598. The van der Waals surface area contributed by atoms with E-state index in [2.05, 4.69) is 15.5 Å². The molecular formula is C19H18F2N4OS2. The smallest absolute Gasteiger partial charge is 0.288 e. The summed E-state index contributed by atoms with van der Waals surface area (Å²) in [6.07, 6.45) is 3.99. The number of carbonyl (C=O) groups excluding carboxylic acids is 1. The van der Waals surface area contributed by atoms with Crippen LogP contribution in [0.25, 0.3) is 10.2 Å². The zero-order valence-electron chi connectivity index (χ0n) is 14.9. The summed E-state index contributed by atoms with van der Waals surface area (Å²) < 4.78 is 24.8. The molecule has 2 aromatic heterocycles. The van der Waals surface area contributed by atoms with Crippen molar-refractivity contribution >= 4 is 44.9 Å². The zero-order valence-corrected chi connectivity index (χ0v) is 16.5. The lowest BCUT2D eigenvalue weighted by Gasteiger charge is -2.14. The summed E-state index contributed by atoms with van der Waals surface area (Å²) in [4.78, 5) is 14.3. The van der Waals surface area contributed by atoms with E-state index >= 15 is 0 Å². The Morgan fingerprint density at radius 3 is 2.71 bits per heavy atom. The Morgan fingerprint density at radius 1 is 1.21 bits per heavy atom. The van der Waals surface area contributed by atoms with Gasteiger partial charge in [-0.05, 0) is 48.9 Å². The molecule has 1 aliphatic carbocycles. The normalized spacial score (nSPS) is 13.7. The number of anilines is 1. The molecule has 3 N–H and O–H groups in total. The van der Waals surface area contributed by atoms with Crippen molar-refractivity contribution in [2.75, 3.05) is 5.73 Å². The molecule has 0 bridgehead atoms. The molecule has 1 aliphatic rings. The van der Waals surface area contributed by atoms with Crippen LogP contribution in [0.5, 0.6) is 0 Å². The van der Waals surface area contributed by atoms with E-state index in [1.54, 1.807) is 24.3 Å². The standard InChI is InChI=1S/C19H18F2N4OS2/c20-19(21)27-11-7-5-10(6-8-11)9-23-17(26)16-15(22)14-12-3-1-2-4-13(12)24-25-18(14)28-16/h5-8,19H,1-4,9,22H2,(H,23,26). The van der Waals surface area contributed by atoms with E-state index in [4.69, 9.17) is 5.73 Å². The van der Waals surface area contributed by atoms with Crippen LogP contribution >= 0.6 is 23.1 Å².